The molecule has 5 nitrogen and oxygen atoms in total. The van der Waals surface area contributed by atoms with Gasteiger partial charge in [-0.05, 0) is 22.9 Å². The number of aliphatic hydroxyl groups is 1. The summed E-state index contributed by atoms with van der Waals surface area (Å²) in [7, 11) is 0. The maximum absolute atomic E-state index is 13.4. The van der Waals surface area contributed by atoms with Crippen LogP contribution in [0.1, 0.15) is 21.5 Å². The first-order valence-corrected chi connectivity index (χ1v) is 11.7. The second-order valence-corrected chi connectivity index (χ2v) is 9.37. The number of carbonyl (C=O) groups is 1. The average Bonchev–Trinajstić information content (AvgIpc) is 3.27. The van der Waals surface area contributed by atoms with E-state index in [0.29, 0.717) is 43.8 Å². The number of carbonyl (C=O) groups excluding carboxylic acids is 1. The molecule has 1 aliphatic carbocycles. The van der Waals surface area contributed by atoms with E-state index in [9.17, 15) is 14.7 Å². The molecule has 0 saturated heterocycles. The third kappa shape index (κ3) is 2.14. The van der Waals surface area contributed by atoms with E-state index in [-0.39, 0.29) is 22.5 Å². The molecule has 0 spiro atoms. The third-order valence-electron chi connectivity index (χ3n) is 7.57. The van der Waals surface area contributed by atoms with Crippen LogP contribution in [0.3, 0.4) is 0 Å². The molecule has 0 bridgehead atoms. The smallest absolute Gasteiger partial charge is 0.196 e. The first kappa shape index (κ1) is 19.3. The average molecular weight is 464 g/mol. The molecule has 1 aromatic heterocycles. The van der Waals surface area contributed by atoms with Gasteiger partial charge in [-0.25, -0.2) is 4.98 Å². The van der Waals surface area contributed by atoms with Crippen molar-refractivity contribution < 1.29 is 9.90 Å². The van der Waals surface area contributed by atoms with Gasteiger partial charge in [0.2, 0.25) is 0 Å². The molecule has 0 amide bonds. The Kier molecular flexibility index (Phi) is 3.40. The van der Waals surface area contributed by atoms with Crippen molar-refractivity contribution in [3.8, 4) is 0 Å². The van der Waals surface area contributed by atoms with Gasteiger partial charge in [0.1, 0.15) is 5.76 Å². The van der Waals surface area contributed by atoms with Gasteiger partial charge in [-0.3, -0.25) is 9.59 Å². The van der Waals surface area contributed by atoms with Crippen LogP contribution in [-0.4, -0.2) is 15.9 Å². The number of aromatic nitrogens is 1. The zero-order valence-electron chi connectivity index (χ0n) is 18.8. The summed E-state index contributed by atoms with van der Waals surface area (Å²) in [4.78, 5) is 31.7. The van der Waals surface area contributed by atoms with Gasteiger partial charge in [0.05, 0.1) is 21.8 Å². The molecule has 1 aliphatic rings. The zero-order valence-corrected chi connectivity index (χ0v) is 18.8. The Morgan fingerprint density at radius 2 is 1.31 bits per heavy atom. The van der Waals surface area contributed by atoms with Crippen LogP contribution in [-0.2, 0) is 0 Å². The number of benzene rings is 6. The lowest BCUT2D eigenvalue weighted by Gasteiger charge is -2.17. The van der Waals surface area contributed by atoms with Gasteiger partial charge in [-0.2, -0.15) is 0 Å². The maximum atomic E-state index is 13.4. The molecule has 7 aromatic rings. The van der Waals surface area contributed by atoms with Crippen LogP contribution >= 0.6 is 0 Å². The number of nitrogen functional groups attached to an aromatic ring is 1. The number of anilines is 1. The minimum absolute atomic E-state index is 0.00429. The van der Waals surface area contributed by atoms with E-state index < -0.39 is 0 Å². The summed E-state index contributed by atoms with van der Waals surface area (Å²) in [6.07, 6.45) is 0. The van der Waals surface area contributed by atoms with Crippen molar-refractivity contribution in [2.75, 3.05) is 5.73 Å². The summed E-state index contributed by atoms with van der Waals surface area (Å²) >= 11 is 0. The van der Waals surface area contributed by atoms with E-state index in [1.54, 1.807) is 30.3 Å². The van der Waals surface area contributed by atoms with Crippen LogP contribution in [0.2, 0.25) is 0 Å². The van der Waals surface area contributed by atoms with Crippen LogP contribution in [0.15, 0.2) is 83.7 Å². The minimum Gasteiger partial charge on any atom is -0.507 e. The van der Waals surface area contributed by atoms with E-state index in [4.69, 9.17) is 10.7 Å². The molecule has 3 N–H and O–H groups in total. The highest BCUT2D eigenvalue weighted by molar-refractivity contribution is 6.31. The maximum Gasteiger partial charge on any atom is 0.196 e. The van der Waals surface area contributed by atoms with Crippen molar-refractivity contribution in [3.63, 3.8) is 0 Å². The normalized spacial score (nSPS) is 13.3. The molecule has 0 aliphatic heterocycles. The van der Waals surface area contributed by atoms with Crippen LogP contribution in [0.5, 0.6) is 0 Å². The lowest BCUT2D eigenvalue weighted by molar-refractivity contribution is 0.103. The third-order valence-corrected chi connectivity index (χ3v) is 7.57. The SMILES string of the molecule is Nc1cc2c(nc3c2cc2c4ccccc4c(=O)c4cccc3c42)c2c1C(=O)c1ccccc1C=2O. The van der Waals surface area contributed by atoms with Crippen molar-refractivity contribution in [2.24, 2.45) is 0 Å². The summed E-state index contributed by atoms with van der Waals surface area (Å²) in [5, 5.41) is 18.2. The van der Waals surface area contributed by atoms with Crippen LogP contribution < -0.4 is 16.4 Å². The standard InChI is InChI=1S/C31H16N2O3/c32-23-13-22-21-12-20-14-6-1-2-7-15(14)29(34)19-11-5-10-18(24(19)20)27(21)33-28(22)26-25(23)30(35)16-8-3-4-9-17(16)31(26)36/h1-13,36H,32H2. The molecule has 8 rings (SSSR count). The first-order chi connectivity index (χ1) is 17.5. The predicted molar refractivity (Wildman–Crippen MR) is 144 cm³/mol. The van der Waals surface area contributed by atoms with Gasteiger partial charge in [-0.1, -0.05) is 66.7 Å². The Hall–Kier alpha value is -5.03. The van der Waals surface area contributed by atoms with Crippen LogP contribution in [0.25, 0.3) is 59.9 Å². The number of nitrogens with zero attached hydrogens (tertiary/aromatic N) is 1. The van der Waals surface area contributed by atoms with Crippen molar-refractivity contribution in [1.29, 1.82) is 0 Å². The van der Waals surface area contributed by atoms with E-state index in [1.807, 2.05) is 42.5 Å². The van der Waals surface area contributed by atoms with E-state index in [0.717, 1.165) is 32.3 Å². The number of fused-ring (bicyclic) bond motifs is 9. The molecule has 0 fully saturated rings. The van der Waals surface area contributed by atoms with Crippen molar-refractivity contribution >= 4 is 71.4 Å². The largest absolute Gasteiger partial charge is 0.507 e. The summed E-state index contributed by atoms with van der Waals surface area (Å²) in [5.74, 6) is -0.231. The zero-order chi connectivity index (χ0) is 24.3. The molecule has 168 valence electrons. The highest BCUT2D eigenvalue weighted by Crippen LogP contribution is 2.39. The monoisotopic (exact) mass is 464 g/mol. The molecular weight excluding hydrogens is 448 g/mol. The Balaban J connectivity index is 1.67. The summed E-state index contributed by atoms with van der Waals surface area (Å²) in [6.45, 7) is 0. The number of aliphatic hydroxyl groups excluding tert-OH is 1. The lowest BCUT2D eigenvalue weighted by Crippen LogP contribution is -2.27. The molecular formula is C31H16N2O3. The van der Waals surface area contributed by atoms with Gasteiger partial charge >= 0.3 is 0 Å². The molecule has 0 saturated carbocycles. The number of ketones is 1. The van der Waals surface area contributed by atoms with Gasteiger partial charge in [0.15, 0.2) is 11.2 Å². The second-order valence-electron chi connectivity index (χ2n) is 9.37. The van der Waals surface area contributed by atoms with E-state index in [2.05, 4.69) is 6.07 Å². The van der Waals surface area contributed by atoms with Gasteiger partial charge < -0.3 is 10.8 Å². The fourth-order valence-corrected chi connectivity index (χ4v) is 6.02. The van der Waals surface area contributed by atoms with Gasteiger partial charge in [-0.15, -0.1) is 0 Å². The topological polar surface area (TPSA) is 93.3 Å². The van der Waals surface area contributed by atoms with Crippen molar-refractivity contribution in [2.45, 2.75) is 0 Å². The van der Waals surface area contributed by atoms with Gasteiger partial charge in [0.25, 0.3) is 0 Å². The fraction of sp³-hybridized carbons (Fsp3) is 0. The Bertz CT molecular complexity index is 2270. The molecule has 0 unspecified atom stereocenters. The van der Waals surface area contributed by atoms with Crippen LogP contribution in [0.4, 0.5) is 5.69 Å². The number of hydrogen-bond acceptors (Lipinski definition) is 5. The first-order valence-electron chi connectivity index (χ1n) is 11.7. The van der Waals surface area contributed by atoms with E-state index in [1.165, 1.54) is 0 Å². The van der Waals surface area contributed by atoms with Crippen molar-refractivity contribution in [1.82, 2.24) is 4.98 Å². The summed E-state index contributed by atoms with van der Waals surface area (Å²) < 4.78 is 0. The Morgan fingerprint density at radius 1 is 0.639 bits per heavy atom. The molecule has 5 heteroatoms. The predicted octanol–water partition coefficient (Wildman–Crippen LogP) is 5.21. The quantitative estimate of drug-likeness (QED) is 0.183. The molecule has 36 heavy (non-hydrogen) atoms. The highest BCUT2D eigenvalue weighted by atomic mass is 16.3. The number of rotatable bonds is 0. The van der Waals surface area contributed by atoms with Crippen LogP contribution in [0, 0.1) is 0 Å². The summed E-state index contributed by atoms with van der Waals surface area (Å²) in [6, 6.07) is 24.2. The molecule has 0 radical (unpaired) electrons. The Labute approximate surface area is 203 Å². The molecule has 6 aromatic carbocycles. The van der Waals surface area contributed by atoms with E-state index >= 15 is 0 Å². The highest BCUT2D eigenvalue weighted by Gasteiger charge is 2.29. The molecule has 1 heterocycles. The lowest BCUT2D eigenvalue weighted by atomic mass is 9.87. The second kappa shape index (κ2) is 6.34. The number of hydrogen-bond donors (Lipinski definition) is 2. The molecule has 0 atom stereocenters. The minimum atomic E-state index is -0.227. The van der Waals surface area contributed by atoms with Gasteiger partial charge in [0, 0.05) is 49.1 Å². The fourth-order valence-electron chi connectivity index (χ4n) is 6.02. The van der Waals surface area contributed by atoms with Crippen molar-refractivity contribution in [3.05, 3.63) is 111 Å². The Morgan fingerprint density at radius 3 is 2.14 bits per heavy atom. The number of nitrogens with two attached hydrogens (primary N) is 1. The summed E-state index contributed by atoms with van der Waals surface area (Å²) in [5.41, 5.74) is 9.16.